The number of benzene rings is 1. The van der Waals surface area contributed by atoms with Crippen LogP contribution in [0, 0.1) is 6.92 Å². The molecular weight excluding hydrogens is 292 g/mol. The Balaban J connectivity index is 2.59. The molecule has 1 amide bonds. The third-order valence-corrected chi connectivity index (χ3v) is 4.44. The normalized spacial score (nSPS) is 11.4. The molecule has 6 nitrogen and oxygen atoms in total. The quantitative estimate of drug-likeness (QED) is 0.769. The van der Waals surface area contributed by atoms with Gasteiger partial charge in [-0.25, -0.2) is 13.1 Å². The van der Waals surface area contributed by atoms with E-state index in [1.807, 2.05) is 13.0 Å². The Hall–Kier alpha value is -1.44. The summed E-state index contributed by atoms with van der Waals surface area (Å²) in [5, 5.41) is 0. The van der Waals surface area contributed by atoms with Gasteiger partial charge in [-0.3, -0.25) is 4.79 Å². The van der Waals surface area contributed by atoms with E-state index in [2.05, 4.69) is 4.72 Å². The predicted molar refractivity (Wildman–Crippen MR) is 80.5 cm³/mol. The van der Waals surface area contributed by atoms with Gasteiger partial charge >= 0.3 is 0 Å². The molecule has 1 aromatic rings. The van der Waals surface area contributed by atoms with Gasteiger partial charge in [-0.05, 0) is 24.6 Å². The van der Waals surface area contributed by atoms with Crippen molar-refractivity contribution in [1.29, 1.82) is 0 Å². The van der Waals surface area contributed by atoms with Crippen LogP contribution in [0.15, 0.2) is 29.2 Å². The van der Waals surface area contributed by atoms with Crippen molar-refractivity contribution in [2.24, 2.45) is 0 Å². The van der Waals surface area contributed by atoms with Crippen LogP contribution in [0.5, 0.6) is 0 Å². The van der Waals surface area contributed by atoms with E-state index in [4.69, 9.17) is 4.74 Å². The van der Waals surface area contributed by atoms with E-state index >= 15 is 0 Å². The molecule has 0 fully saturated rings. The lowest BCUT2D eigenvalue weighted by atomic mass is 10.2. The van der Waals surface area contributed by atoms with Gasteiger partial charge < -0.3 is 9.64 Å². The number of carbonyl (C=O) groups is 1. The molecule has 0 radical (unpaired) electrons. The summed E-state index contributed by atoms with van der Waals surface area (Å²) in [5.74, 6) is -0.109. The second-order valence-corrected chi connectivity index (χ2v) is 6.48. The molecule has 0 saturated heterocycles. The number of hydrogen-bond acceptors (Lipinski definition) is 4. The fourth-order valence-electron chi connectivity index (χ4n) is 1.81. The summed E-state index contributed by atoms with van der Waals surface area (Å²) >= 11 is 0. The SMILES string of the molecule is COCCN(CCNS(=O)(=O)c1cccc(C)c1)C(C)=O. The minimum Gasteiger partial charge on any atom is -0.383 e. The van der Waals surface area contributed by atoms with Gasteiger partial charge in [0.25, 0.3) is 0 Å². The molecule has 0 aromatic heterocycles. The number of nitrogens with zero attached hydrogens (tertiary/aromatic N) is 1. The largest absolute Gasteiger partial charge is 0.383 e. The Kier molecular flexibility index (Phi) is 6.80. The highest BCUT2D eigenvalue weighted by atomic mass is 32.2. The zero-order valence-corrected chi connectivity index (χ0v) is 13.4. The van der Waals surface area contributed by atoms with Crippen LogP contribution in [-0.2, 0) is 19.6 Å². The second-order valence-electron chi connectivity index (χ2n) is 4.71. The molecule has 0 aliphatic rings. The lowest BCUT2D eigenvalue weighted by molar-refractivity contribution is -0.129. The highest BCUT2D eigenvalue weighted by Gasteiger charge is 2.15. The first-order chi connectivity index (χ1) is 9.86. The van der Waals surface area contributed by atoms with E-state index in [0.717, 1.165) is 5.56 Å². The van der Waals surface area contributed by atoms with Gasteiger partial charge in [0.15, 0.2) is 0 Å². The maximum absolute atomic E-state index is 12.1. The third kappa shape index (κ3) is 5.82. The lowest BCUT2D eigenvalue weighted by Gasteiger charge is -2.20. The molecule has 0 saturated carbocycles. The number of carbonyl (C=O) groups excluding carboxylic acids is 1. The van der Waals surface area contributed by atoms with Gasteiger partial charge in [-0.2, -0.15) is 0 Å². The Bertz CT molecular complexity index is 572. The van der Waals surface area contributed by atoms with Crippen LogP contribution in [0.3, 0.4) is 0 Å². The van der Waals surface area contributed by atoms with E-state index in [0.29, 0.717) is 19.7 Å². The number of nitrogens with one attached hydrogen (secondary N) is 1. The van der Waals surface area contributed by atoms with Crippen molar-refractivity contribution in [3.63, 3.8) is 0 Å². The molecule has 1 N–H and O–H groups in total. The van der Waals surface area contributed by atoms with Gasteiger partial charge in [-0.1, -0.05) is 12.1 Å². The maximum Gasteiger partial charge on any atom is 0.240 e. The predicted octanol–water partition coefficient (Wildman–Crippen LogP) is 0.768. The number of ether oxygens (including phenoxy) is 1. The first-order valence-corrected chi connectivity index (χ1v) is 8.16. The van der Waals surface area contributed by atoms with Crippen LogP contribution in [0.4, 0.5) is 0 Å². The minimum absolute atomic E-state index is 0.109. The first-order valence-electron chi connectivity index (χ1n) is 6.67. The van der Waals surface area contributed by atoms with E-state index in [1.165, 1.54) is 6.92 Å². The number of rotatable bonds is 8. The molecule has 0 atom stereocenters. The minimum atomic E-state index is -3.54. The van der Waals surface area contributed by atoms with Crippen LogP contribution in [0.1, 0.15) is 12.5 Å². The summed E-state index contributed by atoms with van der Waals surface area (Å²) in [7, 11) is -1.99. The van der Waals surface area contributed by atoms with Gasteiger partial charge in [0.1, 0.15) is 0 Å². The van der Waals surface area contributed by atoms with E-state index in [9.17, 15) is 13.2 Å². The van der Waals surface area contributed by atoms with Crippen LogP contribution in [0.2, 0.25) is 0 Å². The van der Waals surface area contributed by atoms with Crippen LogP contribution < -0.4 is 4.72 Å². The molecule has 1 rings (SSSR count). The van der Waals surface area contributed by atoms with Gasteiger partial charge in [-0.15, -0.1) is 0 Å². The highest BCUT2D eigenvalue weighted by Crippen LogP contribution is 2.10. The van der Waals surface area contributed by atoms with E-state index in [-0.39, 0.29) is 17.3 Å². The fourth-order valence-corrected chi connectivity index (χ4v) is 2.93. The first kappa shape index (κ1) is 17.6. The third-order valence-electron chi connectivity index (χ3n) is 2.98. The average Bonchev–Trinajstić information content (AvgIpc) is 2.42. The van der Waals surface area contributed by atoms with Crippen molar-refractivity contribution in [3.8, 4) is 0 Å². The molecular formula is C14H22N2O4S. The van der Waals surface area contributed by atoms with Gasteiger partial charge in [0.05, 0.1) is 11.5 Å². The molecule has 0 bridgehead atoms. The smallest absolute Gasteiger partial charge is 0.240 e. The molecule has 0 aliphatic carbocycles. The summed E-state index contributed by atoms with van der Waals surface area (Å²) in [5.41, 5.74) is 0.878. The molecule has 0 unspecified atom stereocenters. The number of sulfonamides is 1. The van der Waals surface area contributed by atoms with Crippen molar-refractivity contribution in [3.05, 3.63) is 29.8 Å². The number of amides is 1. The molecule has 0 spiro atoms. The summed E-state index contributed by atoms with van der Waals surface area (Å²) in [4.78, 5) is 13.2. The van der Waals surface area contributed by atoms with E-state index in [1.54, 1.807) is 30.2 Å². The Labute approximate surface area is 126 Å². The summed E-state index contributed by atoms with van der Waals surface area (Å²) in [6.07, 6.45) is 0. The van der Waals surface area contributed by atoms with Crippen molar-refractivity contribution in [2.45, 2.75) is 18.7 Å². The second kappa shape index (κ2) is 8.11. The maximum atomic E-state index is 12.1. The van der Waals surface area contributed by atoms with Crippen molar-refractivity contribution in [2.75, 3.05) is 33.4 Å². The molecule has 21 heavy (non-hydrogen) atoms. The molecule has 118 valence electrons. The summed E-state index contributed by atoms with van der Waals surface area (Å²) < 4.78 is 31.6. The monoisotopic (exact) mass is 314 g/mol. The Morgan fingerprint density at radius 3 is 2.62 bits per heavy atom. The summed E-state index contributed by atoms with van der Waals surface area (Å²) in [6.45, 7) is 4.62. The highest BCUT2D eigenvalue weighted by molar-refractivity contribution is 7.89. The average molecular weight is 314 g/mol. The van der Waals surface area contributed by atoms with Gasteiger partial charge in [0, 0.05) is 33.7 Å². The Morgan fingerprint density at radius 1 is 1.33 bits per heavy atom. The Morgan fingerprint density at radius 2 is 2.05 bits per heavy atom. The zero-order chi connectivity index (χ0) is 15.9. The summed E-state index contributed by atoms with van der Waals surface area (Å²) in [6, 6.07) is 6.69. The van der Waals surface area contributed by atoms with Crippen LogP contribution in [0.25, 0.3) is 0 Å². The number of methoxy groups -OCH3 is 1. The van der Waals surface area contributed by atoms with Crippen LogP contribution >= 0.6 is 0 Å². The molecule has 7 heteroatoms. The van der Waals surface area contributed by atoms with E-state index < -0.39 is 10.0 Å². The van der Waals surface area contributed by atoms with Crippen LogP contribution in [-0.4, -0.2) is 52.6 Å². The molecule has 1 aromatic carbocycles. The van der Waals surface area contributed by atoms with Crippen molar-refractivity contribution >= 4 is 15.9 Å². The molecule has 0 heterocycles. The standard InChI is InChI=1S/C14H22N2O4S/c1-12-5-4-6-14(11-12)21(18,19)15-7-8-16(13(2)17)9-10-20-3/h4-6,11,15H,7-10H2,1-3H3. The number of aryl methyl sites for hydroxylation is 1. The lowest BCUT2D eigenvalue weighted by Crippen LogP contribution is -2.39. The zero-order valence-electron chi connectivity index (χ0n) is 12.6. The van der Waals surface area contributed by atoms with Gasteiger partial charge in [0.2, 0.25) is 15.9 Å². The van der Waals surface area contributed by atoms with Crippen molar-refractivity contribution in [1.82, 2.24) is 9.62 Å². The topological polar surface area (TPSA) is 75.7 Å². The number of hydrogen-bond donors (Lipinski definition) is 1. The van der Waals surface area contributed by atoms with Crippen molar-refractivity contribution < 1.29 is 17.9 Å². The molecule has 0 aliphatic heterocycles. The fraction of sp³-hybridized carbons (Fsp3) is 0.500.